The molecule has 0 atom stereocenters. The molecule has 0 amide bonds. The van der Waals surface area contributed by atoms with E-state index in [1.807, 2.05) is 116 Å². The third-order valence-corrected chi connectivity index (χ3v) is 5.30. The SMILES string of the molecule is Cc1ccc(Oc2ccc(Oc3cccc(Oc4ccc(Oc5ccc(N)cc5)cc4)c3)cc2)cc1. The number of aryl methyl sites for hydroxylation is 1. The standard InChI is InChI=1S/C31H25NO4/c1-22-5-9-24(10-6-22)33-26-13-17-28(18-14-26)35-30-3-2-4-31(21-30)36-29-19-15-27(16-20-29)34-25-11-7-23(32)8-12-25/h2-21H,32H2,1H3. The lowest BCUT2D eigenvalue weighted by Crippen LogP contribution is -1.89. The van der Waals surface area contributed by atoms with Crippen LogP contribution >= 0.6 is 0 Å². The van der Waals surface area contributed by atoms with E-state index in [0.29, 0.717) is 34.4 Å². The van der Waals surface area contributed by atoms with Crippen LogP contribution in [-0.2, 0) is 0 Å². The molecule has 0 aliphatic heterocycles. The van der Waals surface area contributed by atoms with E-state index in [2.05, 4.69) is 0 Å². The first-order chi connectivity index (χ1) is 17.6. The van der Waals surface area contributed by atoms with Gasteiger partial charge in [0, 0.05) is 11.8 Å². The summed E-state index contributed by atoms with van der Waals surface area (Å²) in [5, 5.41) is 0. The molecule has 0 spiro atoms. The zero-order valence-electron chi connectivity index (χ0n) is 19.8. The van der Waals surface area contributed by atoms with Crippen LogP contribution in [0.1, 0.15) is 5.56 Å². The molecule has 0 heterocycles. The van der Waals surface area contributed by atoms with Crippen molar-refractivity contribution in [3.63, 3.8) is 0 Å². The zero-order valence-corrected chi connectivity index (χ0v) is 19.8. The lowest BCUT2D eigenvalue weighted by molar-refractivity contribution is 0.454. The average Bonchev–Trinajstić information content (AvgIpc) is 2.89. The molecule has 5 nitrogen and oxygen atoms in total. The van der Waals surface area contributed by atoms with E-state index in [9.17, 15) is 0 Å². The second-order valence-corrected chi connectivity index (χ2v) is 8.21. The van der Waals surface area contributed by atoms with Gasteiger partial charge in [-0.25, -0.2) is 0 Å². The number of rotatable bonds is 8. The number of hydrogen-bond donors (Lipinski definition) is 1. The van der Waals surface area contributed by atoms with Crippen molar-refractivity contribution in [2.75, 3.05) is 5.73 Å². The zero-order chi connectivity index (χ0) is 24.7. The molecule has 36 heavy (non-hydrogen) atoms. The van der Waals surface area contributed by atoms with Gasteiger partial charge >= 0.3 is 0 Å². The quantitative estimate of drug-likeness (QED) is 0.227. The van der Waals surface area contributed by atoms with Crippen molar-refractivity contribution in [1.82, 2.24) is 0 Å². The molecular weight excluding hydrogens is 450 g/mol. The van der Waals surface area contributed by atoms with Crippen LogP contribution < -0.4 is 24.7 Å². The molecule has 2 N–H and O–H groups in total. The van der Waals surface area contributed by atoms with E-state index in [1.165, 1.54) is 5.56 Å². The summed E-state index contributed by atoms with van der Waals surface area (Å²) in [7, 11) is 0. The Balaban J connectivity index is 1.19. The normalized spacial score (nSPS) is 10.5. The van der Waals surface area contributed by atoms with Crippen LogP contribution in [-0.4, -0.2) is 0 Å². The fraction of sp³-hybridized carbons (Fsp3) is 0.0323. The first-order valence-electron chi connectivity index (χ1n) is 11.5. The summed E-state index contributed by atoms with van der Waals surface area (Å²) in [5.74, 6) is 5.69. The molecule has 0 fully saturated rings. The Hall–Kier alpha value is -4.90. The van der Waals surface area contributed by atoms with Gasteiger partial charge in [-0.05, 0) is 104 Å². The molecule has 0 saturated carbocycles. The average molecular weight is 476 g/mol. The Morgan fingerprint density at radius 3 is 1.08 bits per heavy atom. The molecule has 0 unspecified atom stereocenters. The van der Waals surface area contributed by atoms with E-state index < -0.39 is 0 Å². The van der Waals surface area contributed by atoms with E-state index in [0.717, 1.165) is 17.2 Å². The van der Waals surface area contributed by atoms with Crippen LogP contribution in [0.25, 0.3) is 0 Å². The Morgan fingerprint density at radius 1 is 0.389 bits per heavy atom. The second kappa shape index (κ2) is 10.6. The predicted molar refractivity (Wildman–Crippen MR) is 142 cm³/mol. The summed E-state index contributed by atoms with van der Waals surface area (Å²) in [6.07, 6.45) is 0. The molecule has 0 saturated heterocycles. The molecule has 0 radical (unpaired) electrons. The van der Waals surface area contributed by atoms with Crippen molar-refractivity contribution < 1.29 is 18.9 Å². The highest BCUT2D eigenvalue weighted by Gasteiger charge is 2.04. The molecule has 5 aromatic rings. The lowest BCUT2D eigenvalue weighted by atomic mass is 10.2. The monoisotopic (exact) mass is 475 g/mol. The molecule has 178 valence electrons. The van der Waals surface area contributed by atoms with Crippen molar-refractivity contribution in [3.05, 3.63) is 127 Å². The first kappa shape index (κ1) is 22.9. The van der Waals surface area contributed by atoms with Crippen molar-refractivity contribution in [2.24, 2.45) is 0 Å². The summed E-state index contributed by atoms with van der Waals surface area (Å²) >= 11 is 0. The van der Waals surface area contributed by atoms with Gasteiger partial charge < -0.3 is 24.7 Å². The number of anilines is 1. The molecule has 5 rings (SSSR count). The van der Waals surface area contributed by atoms with Crippen LogP contribution in [0.2, 0.25) is 0 Å². The number of nitrogens with two attached hydrogens (primary N) is 1. The van der Waals surface area contributed by atoms with Gasteiger partial charge in [0.1, 0.15) is 46.0 Å². The van der Waals surface area contributed by atoms with Gasteiger partial charge in [0.15, 0.2) is 0 Å². The number of ether oxygens (including phenoxy) is 4. The molecule has 5 aromatic carbocycles. The van der Waals surface area contributed by atoms with E-state index >= 15 is 0 Å². The van der Waals surface area contributed by atoms with Gasteiger partial charge in [0.05, 0.1) is 0 Å². The van der Waals surface area contributed by atoms with Crippen LogP contribution in [0.4, 0.5) is 5.69 Å². The topological polar surface area (TPSA) is 62.9 Å². The number of nitrogen functional groups attached to an aromatic ring is 1. The third kappa shape index (κ3) is 6.15. The molecule has 5 heteroatoms. The van der Waals surface area contributed by atoms with Crippen LogP contribution in [0.3, 0.4) is 0 Å². The van der Waals surface area contributed by atoms with Crippen molar-refractivity contribution >= 4 is 5.69 Å². The fourth-order valence-corrected chi connectivity index (χ4v) is 3.44. The van der Waals surface area contributed by atoms with Crippen LogP contribution in [0, 0.1) is 6.92 Å². The summed E-state index contributed by atoms with van der Waals surface area (Å²) in [6, 6.07) is 37.6. The predicted octanol–water partition coefficient (Wildman–Crippen LogP) is 8.75. The van der Waals surface area contributed by atoms with Gasteiger partial charge in [-0.15, -0.1) is 0 Å². The summed E-state index contributed by atoms with van der Waals surface area (Å²) in [6.45, 7) is 2.05. The van der Waals surface area contributed by atoms with Crippen molar-refractivity contribution in [1.29, 1.82) is 0 Å². The fourth-order valence-electron chi connectivity index (χ4n) is 3.44. The molecule has 0 bridgehead atoms. The molecule has 0 aliphatic rings. The highest BCUT2D eigenvalue weighted by molar-refractivity contribution is 5.45. The second-order valence-electron chi connectivity index (χ2n) is 8.21. The summed E-state index contributed by atoms with van der Waals surface area (Å²) < 4.78 is 23.7. The number of benzene rings is 5. The molecular formula is C31H25NO4. The minimum atomic E-state index is 0.666. The van der Waals surface area contributed by atoms with Crippen LogP contribution in [0.15, 0.2) is 121 Å². The van der Waals surface area contributed by atoms with Gasteiger partial charge in [-0.1, -0.05) is 23.8 Å². The summed E-state index contributed by atoms with van der Waals surface area (Å²) in [4.78, 5) is 0. The van der Waals surface area contributed by atoms with E-state index in [-0.39, 0.29) is 0 Å². The Kier molecular flexibility index (Phi) is 6.72. The molecule has 0 aromatic heterocycles. The van der Waals surface area contributed by atoms with Crippen LogP contribution in [0.5, 0.6) is 46.0 Å². The van der Waals surface area contributed by atoms with Gasteiger partial charge in [-0.2, -0.15) is 0 Å². The summed E-state index contributed by atoms with van der Waals surface area (Å²) in [5.41, 5.74) is 7.60. The maximum absolute atomic E-state index is 6.01. The molecule has 0 aliphatic carbocycles. The highest BCUT2D eigenvalue weighted by Crippen LogP contribution is 2.31. The highest BCUT2D eigenvalue weighted by atomic mass is 16.5. The Morgan fingerprint density at radius 2 is 0.694 bits per heavy atom. The minimum Gasteiger partial charge on any atom is -0.457 e. The van der Waals surface area contributed by atoms with E-state index in [1.54, 1.807) is 12.1 Å². The van der Waals surface area contributed by atoms with Gasteiger partial charge in [0.25, 0.3) is 0 Å². The maximum Gasteiger partial charge on any atom is 0.131 e. The van der Waals surface area contributed by atoms with Crippen molar-refractivity contribution in [3.8, 4) is 46.0 Å². The van der Waals surface area contributed by atoms with E-state index in [4.69, 9.17) is 24.7 Å². The smallest absolute Gasteiger partial charge is 0.131 e. The van der Waals surface area contributed by atoms with Gasteiger partial charge in [-0.3, -0.25) is 0 Å². The van der Waals surface area contributed by atoms with Gasteiger partial charge in [0.2, 0.25) is 0 Å². The third-order valence-electron chi connectivity index (χ3n) is 5.30. The lowest BCUT2D eigenvalue weighted by Gasteiger charge is -2.11. The largest absolute Gasteiger partial charge is 0.457 e. The maximum atomic E-state index is 6.01. The first-order valence-corrected chi connectivity index (χ1v) is 11.5. The number of hydrogen-bond acceptors (Lipinski definition) is 5. The van der Waals surface area contributed by atoms with Crippen molar-refractivity contribution in [2.45, 2.75) is 6.92 Å². The Labute approximate surface area is 210 Å². The minimum absolute atomic E-state index is 0.666. The Bertz CT molecular complexity index is 1300.